The van der Waals surface area contributed by atoms with Gasteiger partial charge in [-0.05, 0) is 12.1 Å². The van der Waals surface area contributed by atoms with Gasteiger partial charge in [-0.3, -0.25) is 0 Å². The van der Waals surface area contributed by atoms with Crippen molar-refractivity contribution in [3.8, 4) is 29.0 Å². The Bertz CT molecular complexity index is 663. The van der Waals surface area contributed by atoms with E-state index in [-0.39, 0.29) is 12.3 Å². The van der Waals surface area contributed by atoms with E-state index < -0.39 is 0 Å². The van der Waals surface area contributed by atoms with Crippen LogP contribution < -0.4 is 9.47 Å². The first-order valence-electron chi connectivity index (χ1n) is 5.57. The second-order valence-corrected chi connectivity index (χ2v) is 4.24. The second kappa shape index (κ2) is 4.78. The van der Waals surface area contributed by atoms with Gasteiger partial charge >= 0.3 is 0 Å². The van der Waals surface area contributed by atoms with Crippen LogP contribution in [0, 0.1) is 11.3 Å². The summed E-state index contributed by atoms with van der Waals surface area (Å²) in [6.07, 6.45) is 0.0747. The largest absolute Gasteiger partial charge is 0.486 e. The smallest absolute Gasteiger partial charge is 0.241 e. The molecule has 2 heterocycles. The molecule has 0 N–H and O–H groups in total. The maximum absolute atomic E-state index is 8.57. The molecule has 3 rings (SSSR count). The van der Waals surface area contributed by atoms with E-state index in [4.69, 9.17) is 30.9 Å². The Morgan fingerprint density at radius 1 is 1.32 bits per heavy atom. The molecule has 0 spiro atoms. The fraction of sp³-hybridized carbons (Fsp3) is 0.250. The molecule has 1 aromatic carbocycles. The number of benzene rings is 1. The summed E-state index contributed by atoms with van der Waals surface area (Å²) < 4.78 is 15.8. The Kier molecular flexibility index (Phi) is 2.97. The molecule has 0 bridgehead atoms. The van der Waals surface area contributed by atoms with E-state index in [9.17, 15) is 0 Å². The monoisotopic (exact) mass is 277 g/mol. The maximum Gasteiger partial charge on any atom is 0.241 e. The van der Waals surface area contributed by atoms with Crippen molar-refractivity contribution in [1.29, 1.82) is 5.26 Å². The molecule has 19 heavy (non-hydrogen) atoms. The highest BCUT2D eigenvalue weighted by molar-refractivity contribution is 6.32. The molecule has 0 fully saturated rings. The number of hydrogen-bond acceptors (Lipinski definition) is 6. The Hall–Kier alpha value is -2.26. The molecule has 7 heteroatoms. The molecule has 0 atom stereocenters. The summed E-state index contributed by atoms with van der Waals surface area (Å²) in [4.78, 5) is 4.10. The predicted octanol–water partition coefficient (Wildman–Crippen LogP) is 2.23. The van der Waals surface area contributed by atoms with Crippen LogP contribution in [0.2, 0.25) is 5.02 Å². The number of nitriles is 1. The van der Waals surface area contributed by atoms with Gasteiger partial charge in [0, 0.05) is 5.56 Å². The minimum atomic E-state index is 0.0747. The first kappa shape index (κ1) is 11.8. The van der Waals surface area contributed by atoms with Gasteiger partial charge in [0.25, 0.3) is 0 Å². The zero-order valence-electron chi connectivity index (χ0n) is 9.72. The van der Waals surface area contributed by atoms with Crippen molar-refractivity contribution in [3.63, 3.8) is 0 Å². The topological polar surface area (TPSA) is 81.2 Å². The van der Waals surface area contributed by atoms with Gasteiger partial charge in [-0.2, -0.15) is 10.2 Å². The van der Waals surface area contributed by atoms with E-state index in [1.54, 1.807) is 12.1 Å². The summed E-state index contributed by atoms with van der Waals surface area (Å²) in [5.74, 6) is 1.71. The molecule has 1 aliphatic heterocycles. The van der Waals surface area contributed by atoms with E-state index in [1.165, 1.54) is 0 Å². The first-order chi connectivity index (χ1) is 9.28. The van der Waals surface area contributed by atoms with Crippen LogP contribution in [0.1, 0.15) is 5.89 Å². The Morgan fingerprint density at radius 3 is 3.00 bits per heavy atom. The lowest BCUT2D eigenvalue weighted by molar-refractivity contribution is 0.172. The van der Waals surface area contributed by atoms with E-state index in [1.807, 2.05) is 6.07 Å². The lowest BCUT2D eigenvalue weighted by Crippen LogP contribution is -2.15. The van der Waals surface area contributed by atoms with Gasteiger partial charge in [0.1, 0.15) is 19.6 Å². The molecule has 0 unspecified atom stereocenters. The molecule has 0 amide bonds. The standard InChI is InChI=1S/C12H8ClN3O3/c13-8-5-7(6-9-11(8)18-4-3-17-9)12-15-10(1-2-14)19-16-12/h5-6H,1,3-4H2. The highest BCUT2D eigenvalue weighted by Crippen LogP contribution is 2.40. The molecular formula is C12H8ClN3O3. The van der Waals surface area contributed by atoms with Crippen molar-refractivity contribution in [1.82, 2.24) is 10.1 Å². The van der Waals surface area contributed by atoms with E-state index >= 15 is 0 Å². The Labute approximate surface area is 113 Å². The maximum atomic E-state index is 8.57. The minimum Gasteiger partial charge on any atom is -0.486 e. The summed E-state index contributed by atoms with van der Waals surface area (Å²) in [7, 11) is 0. The van der Waals surface area contributed by atoms with Crippen molar-refractivity contribution in [2.75, 3.05) is 13.2 Å². The van der Waals surface area contributed by atoms with Crippen LogP contribution in [0.5, 0.6) is 11.5 Å². The summed E-state index contributed by atoms with van der Waals surface area (Å²) in [5, 5.41) is 12.8. The summed E-state index contributed by atoms with van der Waals surface area (Å²) in [6, 6.07) is 5.36. The lowest BCUT2D eigenvalue weighted by Gasteiger charge is -2.19. The molecular weight excluding hydrogens is 270 g/mol. The highest BCUT2D eigenvalue weighted by atomic mass is 35.5. The quantitative estimate of drug-likeness (QED) is 0.837. The number of aromatic nitrogens is 2. The summed E-state index contributed by atoms with van der Waals surface area (Å²) >= 11 is 6.12. The van der Waals surface area contributed by atoms with Gasteiger partial charge in [0.15, 0.2) is 11.5 Å². The van der Waals surface area contributed by atoms with Crippen LogP contribution >= 0.6 is 11.6 Å². The third-order valence-electron chi connectivity index (χ3n) is 2.55. The van der Waals surface area contributed by atoms with Crippen LogP contribution in [0.4, 0.5) is 0 Å². The molecule has 6 nitrogen and oxygen atoms in total. The number of fused-ring (bicyclic) bond motifs is 1. The second-order valence-electron chi connectivity index (χ2n) is 3.83. The van der Waals surface area contributed by atoms with Gasteiger partial charge < -0.3 is 14.0 Å². The minimum absolute atomic E-state index is 0.0747. The third kappa shape index (κ3) is 2.20. The predicted molar refractivity (Wildman–Crippen MR) is 65.1 cm³/mol. The van der Waals surface area contributed by atoms with Gasteiger partial charge in [-0.15, -0.1) is 0 Å². The number of rotatable bonds is 2. The van der Waals surface area contributed by atoms with Gasteiger partial charge in [0.05, 0.1) is 11.1 Å². The number of halogens is 1. The Morgan fingerprint density at radius 2 is 2.16 bits per heavy atom. The van der Waals surface area contributed by atoms with Crippen LogP contribution in [0.15, 0.2) is 16.7 Å². The third-order valence-corrected chi connectivity index (χ3v) is 2.83. The molecule has 2 aromatic rings. The Balaban J connectivity index is 2.00. The van der Waals surface area contributed by atoms with Crippen LogP contribution in [0.3, 0.4) is 0 Å². The van der Waals surface area contributed by atoms with Crippen molar-refractivity contribution >= 4 is 11.6 Å². The summed E-state index contributed by atoms with van der Waals surface area (Å²) in [6.45, 7) is 0.944. The van der Waals surface area contributed by atoms with E-state index in [0.29, 0.717) is 41.1 Å². The number of ether oxygens (including phenoxy) is 2. The normalized spacial score (nSPS) is 13.1. The molecule has 0 saturated heterocycles. The number of nitrogens with zero attached hydrogens (tertiary/aromatic N) is 3. The molecule has 96 valence electrons. The van der Waals surface area contributed by atoms with Gasteiger partial charge in [0.2, 0.25) is 11.7 Å². The first-order valence-corrected chi connectivity index (χ1v) is 5.95. The number of hydrogen-bond donors (Lipinski definition) is 0. The van der Waals surface area contributed by atoms with Crippen LogP contribution in [-0.4, -0.2) is 23.4 Å². The SMILES string of the molecule is N#CCc1nc(-c2cc(Cl)c3c(c2)OCCO3)no1. The average Bonchev–Trinajstić information content (AvgIpc) is 2.88. The lowest BCUT2D eigenvalue weighted by atomic mass is 10.2. The van der Waals surface area contributed by atoms with E-state index in [2.05, 4.69) is 10.1 Å². The van der Waals surface area contributed by atoms with Crippen molar-refractivity contribution < 1.29 is 14.0 Å². The fourth-order valence-electron chi connectivity index (χ4n) is 1.75. The zero-order chi connectivity index (χ0) is 13.2. The average molecular weight is 278 g/mol. The van der Waals surface area contributed by atoms with Crippen LogP contribution in [-0.2, 0) is 6.42 Å². The molecule has 1 aromatic heterocycles. The van der Waals surface area contributed by atoms with Gasteiger partial charge in [-0.25, -0.2) is 0 Å². The fourth-order valence-corrected chi connectivity index (χ4v) is 2.02. The van der Waals surface area contributed by atoms with Crippen molar-refractivity contribution in [2.24, 2.45) is 0 Å². The molecule has 1 aliphatic rings. The van der Waals surface area contributed by atoms with Crippen molar-refractivity contribution in [2.45, 2.75) is 6.42 Å². The molecule has 0 radical (unpaired) electrons. The van der Waals surface area contributed by atoms with Gasteiger partial charge in [-0.1, -0.05) is 16.8 Å². The summed E-state index contributed by atoms with van der Waals surface area (Å²) in [5.41, 5.74) is 0.655. The zero-order valence-corrected chi connectivity index (χ0v) is 10.5. The van der Waals surface area contributed by atoms with Crippen molar-refractivity contribution in [3.05, 3.63) is 23.0 Å². The van der Waals surface area contributed by atoms with E-state index in [0.717, 1.165) is 0 Å². The van der Waals surface area contributed by atoms with Crippen LogP contribution in [0.25, 0.3) is 11.4 Å². The molecule has 0 aliphatic carbocycles. The highest BCUT2D eigenvalue weighted by Gasteiger charge is 2.19. The molecule has 0 saturated carbocycles.